The Balaban J connectivity index is 1.94. The fourth-order valence-electron chi connectivity index (χ4n) is 1.59. The van der Waals surface area contributed by atoms with E-state index in [1.165, 1.54) is 23.5 Å². The van der Waals surface area contributed by atoms with Crippen LogP contribution in [0.2, 0.25) is 0 Å². The van der Waals surface area contributed by atoms with Crippen molar-refractivity contribution < 1.29 is 19.8 Å². The van der Waals surface area contributed by atoms with Gasteiger partial charge in [0.2, 0.25) is 0 Å². The normalized spacial score (nSPS) is 10.1. The molecule has 21 heavy (non-hydrogen) atoms. The minimum absolute atomic E-state index is 0.0569. The molecule has 0 saturated heterocycles. The average molecular weight is 307 g/mol. The second kappa shape index (κ2) is 6.23. The first-order valence-corrected chi connectivity index (χ1v) is 6.80. The molecule has 8 heteroatoms. The maximum Gasteiger partial charge on any atom is 0.335 e. The van der Waals surface area contributed by atoms with Crippen LogP contribution in [0.3, 0.4) is 0 Å². The molecule has 0 aliphatic heterocycles. The number of carbonyl (C=O) groups excluding carboxylic acids is 1. The van der Waals surface area contributed by atoms with E-state index in [-0.39, 0.29) is 17.0 Å². The smallest absolute Gasteiger partial charge is 0.335 e. The Bertz CT molecular complexity index is 684. The van der Waals surface area contributed by atoms with Gasteiger partial charge in [0.25, 0.3) is 0 Å². The van der Waals surface area contributed by atoms with Crippen LogP contribution in [0, 0.1) is 6.92 Å². The number of rotatable bonds is 4. The van der Waals surface area contributed by atoms with Gasteiger partial charge < -0.3 is 20.8 Å². The number of benzene rings is 1. The predicted molar refractivity (Wildman–Crippen MR) is 77.8 cm³/mol. The zero-order valence-corrected chi connectivity index (χ0v) is 11.9. The number of phenolic OH excluding ortho intramolecular Hbond substituents is 1. The van der Waals surface area contributed by atoms with Crippen LogP contribution in [0.5, 0.6) is 5.75 Å². The van der Waals surface area contributed by atoms with Gasteiger partial charge in [0.05, 0.1) is 22.8 Å². The third-order valence-electron chi connectivity index (χ3n) is 2.59. The Morgan fingerprint density at radius 2 is 2.14 bits per heavy atom. The molecule has 0 bridgehead atoms. The lowest BCUT2D eigenvalue weighted by molar-refractivity contribution is 0.0696. The highest BCUT2D eigenvalue weighted by Crippen LogP contribution is 2.24. The first kappa shape index (κ1) is 14.8. The second-order valence-corrected chi connectivity index (χ2v) is 5.51. The highest BCUT2D eigenvalue weighted by Gasteiger charge is 2.10. The van der Waals surface area contributed by atoms with E-state index in [2.05, 4.69) is 15.6 Å². The van der Waals surface area contributed by atoms with Gasteiger partial charge in [0, 0.05) is 11.1 Å². The van der Waals surface area contributed by atoms with Gasteiger partial charge in [-0.25, -0.2) is 14.6 Å². The number of urea groups is 1. The van der Waals surface area contributed by atoms with Gasteiger partial charge in [-0.1, -0.05) is 0 Å². The van der Waals surface area contributed by atoms with E-state index >= 15 is 0 Å². The SMILES string of the molecule is Cc1ncc(CNC(=O)Nc2ccc(C(=O)O)cc2O)s1. The Kier molecular flexibility index (Phi) is 4.39. The molecule has 0 saturated carbocycles. The summed E-state index contributed by atoms with van der Waals surface area (Å²) in [6.07, 6.45) is 1.68. The van der Waals surface area contributed by atoms with Gasteiger partial charge in [-0.05, 0) is 25.1 Å². The Hall–Kier alpha value is -2.61. The molecule has 0 aliphatic rings. The molecule has 1 heterocycles. The molecule has 0 radical (unpaired) electrons. The van der Waals surface area contributed by atoms with Crippen LogP contribution < -0.4 is 10.6 Å². The number of aromatic hydroxyl groups is 1. The molecule has 4 N–H and O–H groups in total. The molecule has 2 aromatic rings. The number of phenols is 1. The molecule has 0 aliphatic carbocycles. The van der Waals surface area contributed by atoms with Crippen molar-refractivity contribution in [3.05, 3.63) is 39.8 Å². The van der Waals surface area contributed by atoms with Crippen molar-refractivity contribution >= 4 is 29.0 Å². The molecular formula is C13H13N3O4S. The molecule has 7 nitrogen and oxygen atoms in total. The Morgan fingerprint density at radius 3 is 2.71 bits per heavy atom. The fraction of sp³-hybridized carbons (Fsp3) is 0.154. The largest absolute Gasteiger partial charge is 0.506 e. The quantitative estimate of drug-likeness (QED) is 0.647. The zero-order valence-electron chi connectivity index (χ0n) is 11.1. The number of hydrogen-bond acceptors (Lipinski definition) is 5. The van der Waals surface area contributed by atoms with E-state index in [0.717, 1.165) is 16.0 Å². The number of carbonyl (C=O) groups is 2. The van der Waals surface area contributed by atoms with Gasteiger partial charge in [0.15, 0.2) is 0 Å². The maximum absolute atomic E-state index is 11.7. The van der Waals surface area contributed by atoms with Gasteiger partial charge in [-0.3, -0.25) is 0 Å². The summed E-state index contributed by atoms with van der Waals surface area (Å²) in [6.45, 7) is 2.20. The lowest BCUT2D eigenvalue weighted by Crippen LogP contribution is -2.27. The number of aromatic nitrogens is 1. The number of hydrogen-bond donors (Lipinski definition) is 4. The summed E-state index contributed by atoms with van der Waals surface area (Å²) in [4.78, 5) is 27.4. The minimum atomic E-state index is -1.15. The number of nitrogens with one attached hydrogen (secondary N) is 2. The topological polar surface area (TPSA) is 112 Å². The van der Waals surface area contributed by atoms with E-state index < -0.39 is 12.0 Å². The van der Waals surface area contributed by atoms with Gasteiger partial charge in [0.1, 0.15) is 5.75 Å². The van der Waals surface area contributed by atoms with Crippen LogP contribution in [0.25, 0.3) is 0 Å². The van der Waals surface area contributed by atoms with Crippen LogP contribution in [0.4, 0.5) is 10.5 Å². The maximum atomic E-state index is 11.7. The number of carboxylic acids is 1. The number of aryl methyl sites for hydroxylation is 1. The molecule has 0 atom stereocenters. The standard InChI is InChI=1S/C13H13N3O4S/c1-7-14-5-9(21-7)6-15-13(20)16-10-3-2-8(12(18)19)4-11(10)17/h2-5,17H,6H2,1H3,(H,18,19)(H2,15,16,20). The van der Waals surface area contributed by atoms with Crippen molar-refractivity contribution in [1.82, 2.24) is 10.3 Å². The van der Waals surface area contributed by atoms with E-state index in [4.69, 9.17) is 5.11 Å². The summed E-state index contributed by atoms with van der Waals surface area (Å²) in [5, 5.41) is 24.4. The summed E-state index contributed by atoms with van der Waals surface area (Å²) >= 11 is 1.48. The molecule has 2 rings (SSSR count). The highest BCUT2D eigenvalue weighted by molar-refractivity contribution is 7.11. The van der Waals surface area contributed by atoms with Gasteiger partial charge >= 0.3 is 12.0 Å². The average Bonchev–Trinajstić information content (AvgIpc) is 2.84. The summed E-state index contributed by atoms with van der Waals surface area (Å²) < 4.78 is 0. The first-order chi connectivity index (χ1) is 9.95. The van der Waals surface area contributed by atoms with Crippen LogP contribution >= 0.6 is 11.3 Å². The number of amides is 2. The number of nitrogens with zero attached hydrogens (tertiary/aromatic N) is 1. The molecule has 110 valence electrons. The Morgan fingerprint density at radius 1 is 1.38 bits per heavy atom. The van der Waals surface area contributed by atoms with Crippen molar-refractivity contribution in [2.24, 2.45) is 0 Å². The predicted octanol–water partition coefficient (Wildman–Crippen LogP) is 2.18. The fourth-order valence-corrected chi connectivity index (χ4v) is 2.33. The van der Waals surface area contributed by atoms with Crippen molar-refractivity contribution in [3.63, 3.8) is 0 Å². The summed E-state index contributed by atoms with van der Waals surface area (Å²) in [6, 6.07) is 3.20. The Labute approximate surface area is 124 Å². The van der Waals surface area contributed by atoms with E-state index in [0.29, 0.717) is 6.54 Å². The van der Waals surface area contributed by atoms with Crippen molar-refractivity contribution in [2.75, 3.05) is 5.32 Å². The van der Waals surface area contributed by atoms with Crippen molar-refractivity contribution in [1.29, 1.82) is 0 Å². The van der Waals surface area contributed by atoms with Gasteiger partial charge in [-0.15, -0.1) is 11.3 Å². The summed E-state index contributed by atoms with van der Waals surface area (Å²) in [5.41, 5.74) is 0.0802. The van der Waals surface area contributed by atoms with Crippen LogP contribution in [0.15, 0.2) is 24.4 Å². The van der Waals surface area contributed by atoms with Crippen LogP contribution in [0.1, 0.15) is 20.2 Å². The van der Waals surface area contributed by atoms with Crippen LogP contribution in [-0.4, -0.2) is 27.2 Å². The van der Waals surface area contributed by atoms with Crippen LogP contribution in [-0.2, 0) is 6.54 Å². The summed E-state index contributed by atoms with van der Waals surface area (Å²) in [7, 11) is 0. The molecule has 2 amide bonds. The third-order valence-corrected chi connectivity index (χ3v) is 3.50. The molecule has 0 fully saturated rings. The van der Waals surface area contributed by atoms with Crippen molar-refractivity contribution in [2.45, 2.75) is 13.5 Å². The number of anilines is 1. The molecule has 1 aromatic carbocycles. The summed E-state index contributed by atoms with van der Waals surface area (Å²) in [5.74, 6) is -1.46. The zero-order chi connectivity index (χ0) is 15.4. The molecule has 0 unspecified atom stereocenters. The van der Waals surface area contributed by atoms with E-state index in [1.807, 2.05) is 6.92 Å². The van der Waals surface area contributed by atoms with E-state index in [9.17, 15) is 14.7 Å². The lowest BCUT2D eigenvalue weighted by Gasteiger charge is -2.08. The van der Waals surface area contributed by atoms with Crippen molar-refractivity contribution in [3.8, 4) is 5.75 Å². The van der Waals surface area contributed by atoms with E-state index in [1.54, 1.807) is 6.20 Å². The molecule has 1 aromatic heterocycles. The third kappa shape index (κ3) is 3.93. The number of aromatic carboxylic acids is 1. The monoisotopic (exact) mass is 307 g/mol. The lowest BCUT2D eigenvalue weighted by atomic mass is 10.2. The molecule has 0 spiro atoms. The van der Waals surface area contributed by atoms with Gasteiger partial charge in [-0.2, -0.15) is 0 Å². The highest BCUT2D eigenvalue weighted by atomic mass is 32.1. The number of carboxylic acid groups (broad SMARTS) is 1. The first-order valence-electron chi connectivity index (χ1n) is 5.98. The second-order valence-electron chi connectivity index (χ2n) is 4.19. The molecular weight excluding hydrogens is 294 g/mol. The minimum Gasteiger partial charge on any atom is -0.506 e. The number of thiazole rings is 1.